The Kier molecular flexibility index (Phi) is 5.71. The standard InChI is InChI=1S/C17H25F2NO/c1-13(2)11-20-12-17(3-5-21-6-4-17)10-14-7-15(18)9-16(19)8-14/h7-9,13,20H,3-6,10-12H2,1-2H3. The van der Waals surface area contributed by atoms with Crippen LogP contribution in [0, 0.1) is 23.0 Å². The van der Waals surface area contributed by atoms with E-state index in [9.17, 15) is 8.78 Å². The van der Waals surface area contributed by atoms with Gasteiger partial charge in [-0.2, -0.15) is 0 Å². The Morgan fingerprint density at radius 2 is 1.76 bits per heavy atom. The zero-order valence-electron chi connectivity index (χ0n) is 12.9. The monoisotopic (exact) mass is 297 g/mol. The van der Waals surface area contributed by atoms with Gasteiger partial charge in [0.05, 0.1) is 0 Å². The molecule has 0 aliphatic carbocycles. The van der Waals surface area contributed by atoms with E-state index in [0.717, 1.165) is 50.8 Å². The quantitative estimate of drug-likeness (QED) is 0.867. The summed E-state index contributed by atoms with van der Waals surface area (Å²) in [5, 5.41) is 3.50. The highest BCUT2D eigenvalue weighted by Gasteiger charge is 2.32. The first-order chi connectivity index (χ1) is 9.99. The maximum atomic E-state index is 13.4. The Hall–Kier alpha value is -1.00. The third-order valence-corrected chi connectivity index (χ3v) is 4.11. The summed E-state index contributed by atoms with van der Waals surface area (Å²) in [5.41, 5.74) is 0.772. The molecule has 1 aromatic carbocycles. The lowest BCUT2D eigenvalue weighted by atomic mass is 9.75. The van der Waals surface area contributed by atoms with Gasteiger partial charge in [0.2, 0.25) is 0 Å². The molecule has 0 aromatic heterocycles. The van der Waals surface area contributed by atoms with Crippen molar-refractivity contribution in [1.29, 1.82) is 0 Å². The summed E-state index contributed by atoms with van der Waals surface area (Å²) < 4.78 is 32.2. The third-order valence-electron chi connectivity index (χ3n) is 4.11. The van der Waals surface area contributed by atoms with Crippen molar-refractivity contribution in [1.82, 2.24) is 5.32 Å². The second-order valence-corrected chi connectivity index (χ2v) is 6.59. The van der Waals surface area contributed by atoms with Crippen LogP contribution in [0.5, 0.6) is 0 Å². The second-order valence-electron chi connectivity index (χ2n) is 6.59. The topological polar surface area (TPSA) is 21.3 Å². The molecule has 1 aliphatic heterocycles. The van der Waals surface area contributed by atoms with E-state index in [-0.39, 0.29) is 5.41 Å². The Morgan fingerprint density at radius 3 is 2.33 bits per heavy atom. The summed E-state index contributed by atoms with van der Waals surface area (Å²) in [7, 11) is 0. The van der Waals surface area contributed by atoms with Crippen molar-refractivity contribution < 1.29 is 13.5 Å². The van der Waals surface area contributed by atoms with Crippen molar-refractivity contribution >= 4 is 0 Å². The smallest absolute Gasteiger partial charge is 0.126 e. The second kappa shape index (κ2) is 7.32. The van der Waals surface area contributed by atoms with Gasteiger partial charge in [-0.05, 0) is 54.8 Å². The largest absolute Gasteiger partial charge is 0.381 e. The summed E-state index contributed by atoms with van der Waals surface area (Å²) in [6, 6.07) is 3.82. The Balaban J connectivity index is 2.07. The number of rotatable bonds is 6. The van der Waals surface area contributed by atoms with Crippen LogP contribution in [-0.2, 0) is 11.2 Å². The Labute approximate surface area is 125 Å². The molecule has 1 saturated heterocycles. The van der Waals surface area contributed by atoms with Gasteiger partial charge in [-0.25, -0.2) is 8.78 Å². The van der Waals surface area contributed by atoms with E-state index in [0.29, 0.717) is 12.3 Å². The van der Waals surface area contributed by atoms with E-state index in [1.54, 1.807) is 0 Å². The van der Waals surface area contributed by atoms with Crippen LogP contribution < -0.4 is 5.32 Å². The van der Waals surface area contributed by atoms with Crippen molar-refractivity contribution in [3.8, 4) is 0 Å². The highest BCUT2D eigenvalue weighted by molar-refractivity contribution is 5.20. The molecular formula is C17H25F2NO. The van der Waals surface area contributed by atoms with E-state index in [2.05, 4.69) is 19.2 Å². The minimum atomic E-state index is -0.498. The molecule has 0 saturated carbocycles. The van der Waals surface area contributed by atoms with Crippen molar-refractivity contribution in [2.75, 3.05) is 26.3 Å². The molecule has 118 valence electrons. The SMILES string of the molecule is CC(C)CNCC1(Cc2cc(F)cc(F)c2)CCOCC1. The molecule has 0 bridgehead atoms. The molecule has 1 N–H and O–H groups in total. The predicted molar refractivity (Wildman–Crippen MR) is 80.3 cm³/mol. The van der Waals surface area contributed by atoms with Gasteiger partial charge in [-0.3, -0.25) is 0 Å². The number of halogens is 2. The van der Waals surface area contributed by atoms with Crippen LogP contribution in [0.2, 0.25) is 0 Å². The van der Waals surface area contributed by atoms with E-state index in [1.165, 1.54) is 12.1 Å². The van der Waals surface area contributed by atoms with Crippen LogP contribution in [0.25, 0.3) is 0 Å². The van der Waals surface area contributed by atoms with E-state index < -0.39 is 11.6 Å². The molecule has 0 atom stereocenters. The number of hydrogen-bond acceptors (Lipinski definition) is 2. The summed E-state index contributed by atoms with van der Waals surface area (Å²) in [4.78, 5) is 0. The van der Waals surface area contributed by atoms with Crippen LogP contribution >= 0.6 is 0 Å². The maximum Gasteiger partial charge on any atom is 0.126 e. The fourth-order valence-electron chi connectivity index (χ4n) is 2.99. The number of hydrogen-bond donors (Lipinski definition) is 1. The van der Waals surface area contributed by atoms with E-state index >= 15 is 0 Å². The number of ether oxygens (including phenoxy) is 1. The van der Waals surface area contributed by atoms with E-state index in [1.807, 2.05) is 0 Å². The molecule has 1 aliphatic rings. The molecule has 21 heavy (non-hydrogen) atoms. The molecule has 2 nitrogen and oxygen atoms in total. The lowest BCUT2D eigenvalue weighted by Gasteiger charge is -2.38. The third kappa shape index (κ3) is 5.04. The van der Waals surface area contributed by atoms with Gasteiger partial charge in [-0.15, -0.1) is 0 Å². The Morgan fingerprint density at radius 1 is 1.14 bits per heavy atom. The molecule has 0 unspecified atom stereocenters. The molecule has 4 heteroatoms. The van der Waals surface area contributed by atoms with Crippen LogP contribution in [0.3, 0.4) is 0 Å². The first-order valence-corrected chi connectivity index (χ1v) is 7.73. The molecular weight excluding hydrogens is 272 g/mol. The van der Waals surface area contributed by atoms with Crippen molar-refractivity contribution in [2.24, 2.45) is 11.3 Å². The first kappa shape index (κ1) is 16.4. The lowest BCUT2D eigenvalue weighted by Crippen LogP contribution is -2.41. The molecule has 0 radical (unpaired) electrons. The van der Waals surface area contributed by atoms with Crippen LogP contribution in [0.1, 0.15) is 32.3 Å². The Bertz CT molecular complexity index is 436. The van der Waals surface area contributed by atoms with Gasteiger partial charge in [-0.1, -0.05) is 13.8 Å². The van der Waals surface area contributed by atoms with Gasteiger partial charge < -0.3 is 10.1 Å². The minimum Gasteiger partial charge on any atom is -0.381 e. The van der Waals surface area contributed by atoms with Gasteiger partial charge in [0, 0.05) is 25.8 Å². The molecule has 1 heterocycles. The van der Waals surface area contributed by atoms with Gasteiger partial charge in [0.1, 0.15) is 11.6 Å². The molecule has 0 spiro atoms. The normalized spacial score (nSPS) is 18.1. The predicted octanol–water partition coefficient (Wildman–Crippen LogP) is 3.55. The molecule has 0 amide bonds. The average molecular weight is 297 g/mol. The molecule has 1 fully saturated rings. The minimum absolute atomic E-state index is 0.0351. The summed E-state index contributed by atoms with van der Waals surface area (Å²) >= 11 is 0. The number of nitrogens with one attached hydrogen (secondary N) is 1. The van der Waals surface area contributed by atoms with Crippen LogP contribution in [0.15, 0.2) is 18.2 Å². The summed E-state index contributed by atoms with van der Waals surface area (Å²) in [6.45, 7) is 7.62. The van der Waals surface area contributed by atoms with Crippen LogP contribution in [0.4, 0.5) is 8.78 Å². The fourth-order valence-corrected chi connectivity index (χ4v) is 2.99. The lowest BCUT2D eigenvalue weighted by molar-refractivity contribution is 0.0146. The van der Waals surface area contributed by atoms with Crippen LogP contribution in [-0.4, -0.2) is 26.3 Å². The maximum absolute atomic E-state index is 13.4. The zero-order chi connectivity index (χ0) is 15.3. The van der Waals surface area contributed by atoms with Gasteiger partial charge >= 0.3 is 0 Å². The van der Waals surface area contributed by atoms with Crippen molar-refractivity contribution in [3.05, 3.63) is 35.4 Å². The van der Waals surface area contributed by atoms with Crippen molar-refractivity contribution in [3.63, 3.8) is 0 Å². The average Bonchev–Trinajstić information content (AvgIpc) is 2.37. The fraction of sp³-hybridized carbons (Fsp3) is 0.647. The summed E-state index contributed by atoms with van der Waals surface area (Å²) in [6.07, 6.45) is 2.54. The van der Waals surface area contributed by atoms with Gasteiger partial charge in [0.15, 0.2) is 0 Å². The highest BCUT2D eigenvalue weighted by Crippen LogP contribution is 2.34. The number of benzene rings is 1. The molecule has 2 rings (SSSR count). The summed E-state index contributed by atoms with van der Waals surface area (Å²) in [5.74, 6) is -0.404. The van der Waals surface area contributed by atoms with Crippen molar-refractivity contribution in [2.45, 2.75) is 33.1 Å². The molecule has 1 aromatic rings. The first-order valence-electron chi connectivity index (χ1n) is 7.73. The zero-order valence-corrected chi connectivity index (χ0v) is 12.9. The van der Waals surface area contributed by atoms with E-state index in [4.69, 9.17) is 4.74 Å². The van der Waals surface area contributed by atoms with Gasteiger partial charge in [0.25, 0.3) is 0 Å². The highest BCUT2D eigenvalue weighted by atomic mass is 19.1.